The van der Waals surface area contributed by atoms with Crippen molar-refractivity contribution in [2.75, 3.05) is 20.8 Å². The minimum absolute atomic E-state index is 0.126. The van der Waals surface area contributed by atoms with Crippen LogP contribution in [0.2, 0.25) is 0 Å². The number of aliphatic hydroxyl groups is 1. The Hall–Kier alpha value is -2.04. The summed E-state index contributed by atoms with van der Waals surface area (Å²) in [5, 5.41) is 9.79. The van der Waals surface area contributed by atoms with Crippen LogP contribution in [0.5, 0.6) is 11.5 Å². The molecule has 2 aromatic carbocycles. The third kappa shape index (κ3) is 3.33. The molecule has 1 atom stereocenters. The van der Waals surface area contributed by atoms with Crippen molar-refractivity contribution in [1.82, 2.24) is 4.90 Å². The molecule has 4 heteroatoms. The maximum absolute atomic E-state index is 9.79. The molecule has 1 N–H and O–H groups in total. The molecule has 0 saturated heterocycles. The third-order valence-electron chi connectivity index (χ3n) is 4.49. The van der Waals surface area contributed by atoms with Crippen molar-refractivity contribution in [3.63, 3.8) is 0 Å². The van der Waals surface area contributed by atoms with E-state index in [0.29, 0.717) is 0 Å². The molecule has 122 valence electrons. The lowest BCUT2D eigenvalue weighted by atomic mass is 9.93. The van der Waals surface area contributed by atoms with Gasteiger partial charge in [0.1, 0.15) is 0 Å². The molecule has 0 amide bonds. The molecule has 0 bridgehead atoms. The third-order valence-corrected chi connectivity index (χ3v) is 4.49. The van der Waals surface area contributed by atoms with Crippen LogP contribution in [0.3, 0.4) is 0 Å². The molecule has 0 fully saturated rings. The lowest BCUT2D eigenvalue weighted by Gasteiger charge is -2.36. The van der Waals surface area contributed by atoms with Gasteiger partial charge in [-0.1, -0.05) is 30.3 Å². The fourth-order valence-electron chi connectivity index (χ4n) is 3.21. The number of nitrogens with zero attached hydrogens (tertiary/aromatic N) is 1. The summed E-state index contributed by atoms with van der Waals surface area (Å²) in [6.07, 6.45) is 0.818. The van der Waals surface area contributed by atoms with Crippen LogP contribution in [0.25, 0.3) is 0 Å². The zero-order chi connectivity index (χ0) is 16.2. The largest absolute Gasteiger partial charge is 0.493 e. The van der Waals surface area contributed by atoms with Crippen molar-refractivity contribution in [3.05, 3.63) is 59.2 Å². The summed E-state index contributed by atoms with van der Waals surface area (Å²) in [6.45, 7) is 1.79. The summed E-state index contributed by atoms with van der Waals surface area (Å²) < 4.78 is 10.8. The van der Waals surface area contributed by atoms with Gasteiger partial charge in [-0.3, -0.25) is 4.90 Å². The highest BCUT2D eigenvalue weighted by Crippen LogP contribution is 2.35. The molecule has 0 radical (unpaired) electrons. The normalized spacial score (nSPS) is 17.6. The van der Waals surface area contributed by atoms with E-state index in [2.05, 4.69) is 35.2 Å². The van der Waals surface area contributed by atoms with E-state index in [1.54, 1.807) is 14.2 Å². The van der Waals surface area contributed by atoms with Gasteiger partial charge >= 0.3 is 0 Å². The van der Waals surface area contributed by atoms with Crippen LogP contribution in [0, 0.1) is 0 Å². The maximum atomic E-state index is 9.79. The molecule has 1 heterocycles. The second kappa shape index (κ2) is 7.02. The Bertz CT molecular complexity index is 657. The molecule has 3 rings (SSSR count). The fraction of sp³-hybridized carbons (Fsp3) is 0.368. The first-order valence-corrected chi connectivity index (χ1v) is 7.87. The first-order valence-electron chi connectivity index (χ1n) is 7.87. The molecule has 23 heavy (non-hydrogen) atoms. The van der Waals surface area contributed by atoms with Crippen molar-refractivity contribution in [3.8, 4) is 11.5 Å². The number of rotatable bonds is 5. The van der Waals surface area contributed by atoms with E-state index >= 15 is 0 Å². The first kappa shape index (κ1) is 15.8. The van der Waals surface area contributed by atoms with Crippen molar-refractivity contribution in [1.29, 1.82) is 0 Å². The van der Waals surface area contributed by atoms with Gasteiger partial charge in [0.05, 0.1) is 20.8 Å². The molecule has 1 unspecified atom stereocenters. The van der Waals surface area contributed by atoms with Gasteiger partial charge in [0.15, 0.2) is 11.5 Å². The van der Waals surface area contributed by atoms with Crippen LogP contribution >= 0.6 is 0 Å². The standard InChI is InChI=1S/C19H23NO3/c1-22-18-9-15-8-17(13-21)20(11-14-6-4-3-5-7-14)12-16(15)10-19(18)23-2/h3-7,9-10,17,21H,8,11-13H2,1-2H3. The van der Waals surface area contributed by atoms with E-state index in [9.17, 15) is 5.11 Å². The highest BCUT2D eigenvalue weighted by Gasteiger charge is 2.27. The van der Waals surface area contributed by atoms with Crippen LogP contribution < -0.4 is 9.47 Å². The molecular formula is C19H23NO3. The average molecular weight is 313 g/mol. The van der Waals surface area contributed by atoms with Gasteiger partial charge in [0.2, 0.25) is 0 Å². The summed E-state index contributed by atoms with van der Waals surface area (Å²) in [5.74, 6) is 1.51. The van der Waals surface area contributed by atoms with Gasteiger partial charge in [-0.25, -0.2) is 0 Å². The molecule has 1 aliphatic rings. The number of hydrogen-bond acceptors (Lipinski definition) is 4. The van der Waals surface area contributed by atoms with Crippen molar-refractivity contribution >= 4 is 0 Å². The molecule has 1 aliphatic heterocycles. The van der Waals surface area contributed by atoms with Gasteiger partial charge in [-0.05, 0) is 35.2 Å². The number of methoxy groups -OCH3 is 2. The number of ether oxygens (including phenoxy) is 2. The van der Waals surface area contributed by atoms with Crippen LogP contribution in [0.1, 0.15) is 16.7 Å². The smallest absolute Gasteiger partial charge is 0.161 e. The second-order valence-corrected chi connectivity index (χ2v) is 5.91. The van der Waals surface area contributed by atoms with Crippen molar-refractivity contribution in [2.45, 2.75) is 25.6 Å². The van der Waals surface area contributed by atoms with E-state index in [4.69, 9.17) is 9.47 Å². The Labute approximate surface area is 137 Å². The zero-order valence-electron chi connectivity index (χ0n) is 13.7. The quantitative estimate of drug-likeness (QED) is 0.921. The van der Waals surface area contributed by atoms with Crippen molar-refractivity contribution in [2.24, 2.45) is 0 Å². The molecule has 0 aromatic heterocycles. The van der Waals surface area contributed by atoms with Gasteiger partial charge in [-0.2, -0.15) is 0 Å². The zero-order valence-corrected chi connectivity index (χ0v) is 13.7. The summed E-state index contributed by atoms with van der Waals surface area (Å²) >= 11 is 0. The lowest BCUT2D eigenvalue weighted by molar-refractivity contribution is 0.0994. The number of hydrogen-bond donors (Lipinski definition) is 1. The molecule has 0 saturated carbocycles. The van der Waals surface area contributed by atoms with Gasteiger partial charge in [-0.15, -0.1) is 0 Å². The second-order valence-electron chi connectivity index (χ2n) is 5.91. The summed E-state index contributed by atoms with van der Waals surface area (Å²) in [5.41, 5.74) is 3.73. The molecule has 4 nitrogen and oxygen atoms in total. The predicted molar refractivity (Wildman–Crippen MR) is 89.8 cm³/mol. The number of benzene rings is 2. The van der Waals surface area contributed by atoms with Crippen LogP contribution in [0.15, 0.2) is 42.5 Å². The summed E-state index contributed by atoms with van der Waals surface area (Å²) in [7, 11) is 3.31. The van der Waals surface area contributed by atoms with E-state index in [-0.39, 0.29) is 12.6 Å². The monoisotopic (exact) mass is 313 g/mol. The number of aliphatic hydroxyl groups excluding tert-OH is 1. The molecule has 0 spiro atoms. The Kier molecular flexibility index (Phi) is 4.84. The van der Waals surface area contributed by atoms with Gasteiger partial charge < -0.3 is 14.6 Å². The van der Waals surface area contributed by atoms with Crippen LogP contribution in [-0.4, -0.2) is 36.9 Å². The first-order chi connectivity index (χ1) is 11.2. The van der Waals surface area contributed by atoms with E-state index < -0.39 is 0 Å². The minimum Gasteiger partial charge on any atom is -0.493 e. The van der Waals surface area contributed by atoms with Gasteiger partial charge in [0.25, 0.3) is 0 Å². The molecular weight excluding hydrogens is 290 g/mol. The summed E-state index contributed by atoms with van der Waals surface area (Å²) in [4.78, 5) is 2.32. The Morgan fingerprint density at radius 2 is 1.70 bits per heavy atom. The molecule has 0 aliphatic carbocycles. The summed E-state index contributed by atoms with van der Waals surface area (Å²) in [6, 6.07) is 14.6. The SMILES string of the molecule is COc1cc2c(cc1OC)CN(Cc1ccccc1)C(CO)C2. The Morgan fingerprint density at radius 3 is 2.30 bits per heavy atom. The fourth-order valence-corrected chi connectivity index (χ4v) is 3.21. The van der Waals surface area contributed by atoms with E-state index in [0.717, 1.165) is 31.0 Å². The Morgan fingerprint density at radius 1 is 1.04 bits per heavy atom. The highest BCUT2D eigenvalue weighted by molar-refractivity contribution is 5.48. The maximum Gasteiger partial charge on any atom is 0.161 e. The van der Waals surface area contributed by atoms with Crippen LogP contribution in [0.4, 0.5) is 0 Å². The number of fused-ring (bicyclic) bond motifs is 1. The van der Waals surface area contributed by atoms with E-state index in [1.807, 2.05) is 12.1 Å². The van der Waals surface area contributed by atoms with Crippen molar-refractivity contribution < 1.29 is 14.6 Å². The Balaban J connectivity index is 1.88. The van der Waals surface area contributed by atoms with E-state index in [1.165, 1.54) is 16.7 Å². The molecule has 2 aromatic rings. The van der Waals surface area contributed by atoms with Gasteiger partial charge in [0, 0.05) is 19.1 Å². The minimum atomic E-state index is 0.126. The predicted octanol–water partition coefficient (Wildman–Crippen LogP) is 2.62. The average Bonchev–Trinajstić information content (AvgIpc) is 2.60. The van der Waals surface area contributed by atoms with Crippen LogP contribution in [-0.2, 0) is 19.5 Å². The lowest BCUT2D eigenvalue weighted by Crippen LogP contribution is -2.42. The highest BCUT2D eigenvalue weighted by atomic mass is 16.5. The topological polar surface area (TPSA) is 41.9 Å².